The zero-order valence-electron chi connectivity index (χ0n) is 12.6. The highest BCUT2D eigenvalue weighted by molar-refractivity contribution is 6.04. The quantitative estimate of drug-likeness (QED) is 0.652. The van der Waals surface area contributed by atoms with E-state index in [0.29, 0.717) is 11.5 Å². The zero-order chi connectivity index (χ0) is 15.2. The van der Waals surface area contributed by atoms with Crippen molar-refractivity contribution < 1.29 is 4.79 Å². The van der Waals surface area contributed by atoms with E-state index in [9.17, 15) is 4.79 Å². The molecular weight excluding hydrogens is 260 g/mol. The molecular formula is C18H20N2O. The van der Waals surface area contributed by atoms with Crippen molar-refractivity contribution in [3.05, 3.63) is 71.7 Å². The van der Waals surface area contributed by atoms with Crippen molar-refractivity contribution in [3.63, 3.8) is 0 Å². The smallest absolute Gasteiger partial charge is 0.189 e. The van der Waals surface area contributed by atoms with Gasteiger partial charge in [-0.1, -0.05) is 32.0 Å². The van der Waals surface area contributed by atoms with Gasteiger partial charge in [-0.3, -0.25) is 9.78 Å². The van der Waals surface area contributed by atoms with Crippen LogP contribution in [0.4, 0.5) is 5.69 Å². The lowest BCUT2D eigenvalue weighted by atomic mass is 10.0. The van der Waals surface area contributed by atoms with Crippen LogP contribution in [0.15, 0.2) is 60.6 Å². The molecule has 21 heavy (non-hydrogen) atoms. The molecule has 0 aliphatic rings. The fourth-order valence-electron chi connectivity index (χ4n) is 2.15. The molecule has 0 atom stereocenters. The summed E-state index contributed by atoms with van der Waals surface area (Å²) in [6.45, 7) is 6.20. The van der Waals surface area contributed by atoms with Crippen molar-refractivity contribution in [2.24, 2.45) is 0 Å². The van der Waals surface area contributed by atoms with Crippen molar-refractivity contribution in [1.82, 2.24) is 4.98 Å². The van der Waals surface area contributed by atoms with Crippen molar-refractivity contribution in [2.75, 3.05) is 5.32 Å². The Kier molecular flexibility index (Phi) is 4.88. The van der Waals surface area contributed by atoms with Crippen molar-refractivity contribution >= 4 is 11.5 Å². The summed E-state index contributed by atoms with van der Waals surface area (Å²) in [5.41, 5.74) is 3.69. The predicted octanol–water partition coefficient (Wildman–Crippen LogP) is 4.40. The van der Waals surface area contributed by atoms with E-state index in [0.717, 1.165) is 11.4 Å². The van der Waals surface area contributed by atoms with E-state index in [1.165, 1.54) is 5.56 Å². The summed E-state index contributed by atoms with van der Waals surface area (Å²) in [7, 11) is 0. The molecule has 0 saturated carbocycles. The molecule has 0 radical (unpaired) electrons. The number of anilines is 1. The highest BCUT2D eigenvalue weighted by Crippen LogP contribution is 2.24. The number of allylic oxidation sites excluding steroid dienone is 2. The van der Waals surface area contributed by atoms with Crippen LogP contribution in [-0.4, -0.2) is 10.8 Å². The Morgan fingerprint density at radius 2 is 1.95 bits per heavy atom. The normalized spacial score (nSPS) is 11.5. The minimum atomic E-state index is -0.0462. The van der Waals surface area contributed by atoms with E-state index in [2.05, 4.69) is 30.2 Å². The van der Waals surface area contributed by atoms with Crippen LogP contribution >= 0.6 is 0 Å². The molecule has 0 bridgehead atoms. The third-order valence-electron chi connectivity index (χ3n) is 3.21. The Morgan fingerprint density at radius 3 is 2.62 bits per heavy atom. The number of nitrogens with zero attached hydrogens (tertiary/aromatic N) is 1. The number of para-hydroxylation sites is 1. The number of rotatable bonds is 5. The average molecular weight is 280 g/mol. The van der Waals surface area contributed by atoms with Crippen LogP contribution in [0.1, 0.15) is 42.6 Å². The molecule has 2 aromatic rings. The first kappa shape index (κ1) is 15.0. The van der Waals surface area contributed by atoms with Gasteiger partial charge in [0.25, 0.3) is 0 Å². The molecule has 3 heteroatoms. The van der Waals surface area contributed by atoms with Crippen LogP contribution in [0, 0.1) is 0 Å². The van der Waals surface area contributed by atoms with Gasteiger partial charge >= 0.3 is 0 Å². The lowest BCUT2D eigenvalue weighted by Gasteiger charge is -2.14. The average Bonchev–Trinajstić information content (AvgIpc) is 2.48. The molecule has 0 fully saturated rings. The Hall–Kier alpha value is -2.42. The minimum absolute atomic E-state index is 0.0462. The topological polar surface area (TPSA) is 42.0 Å². The van der Waals surface area contributed by atoms with Crippen molar-refractivity contribution in [2.45, 2.75) is 26.7 Å². The van der Waals surface area contributed by atoms with E-state index >= 15 is 0 Å². The first-order valence-corrected chi connectivity index (χ1v) is 7.06. The molecule has 0 aliphatic carbocycles. The molecule has 0 saturated heterocycles. The highest BCUT2D eigenvalue weighted by atomic mass is 16.1. The van der Waals surface area contributed by atoms with E-state index in [4.69, 9.17) is 0 Å². The monoisotopic (exact) mass is 280 g/mol. The van der Waals surface area contributed by atoms with Gasteiger partial charge < -0.3 is 5.32 Å². The number of ketones is 1. The minimum Gasteiger partial charge on any atom is -0.359 e. The standard InChI is InChI=1S/C18H20N2O/c1-13(2)16-8-4-5-9-17(16)20-14(3)11-18(21)15-7-6-10-19-12-15/h4-13,20H,1-3H3. The van der Waals surface area contributed by atoms with Gasteiger partial charge in [0.15, 0.2) is 5.78 Å². The van der Waals surface area contributed by atoms with Crippen LogP contribution in [-0.2, 0) is 0 Å². The third kappa shape index (κ3) is 4.02. The van der Waals surface area contributed by atoms with Gasteiger partial charge in [-0.15, -0.1) is 0 Å². The van der Waals surface area contributed by atoms with Crippen molar-refractivity contribution in [1.29, 1.82) is 0 Å². The number of carbonyl (C=O) groups excluding carboxylic acids is 1. The fourth-order valence-corrected chi connectivity index (χ4v) is 2.15. The molecule has 0 unspecified atom stereocenters. The highest BCUT2D eigenvalue weighted by Gasteiger charge is 2.07. The molecule has 108 valence electrons. The first-order valence-electron chi connectivity index (χ1n) is 7.06. The summed E-state index contributed by atoms with van der Waals surface area (Å²) >= 11 is 0. The van der Waals surface area contributed by atoms with E-state index in [1.54, 1.807) is 30.6 Å². The maximum absolute atomic E-state index is 12.1. The van der Waals surface area contributed by atoms with Gasteiger partial charge in [0.2, 0.25) is 0 Å². The van der Waals surface area contributed by atoms with Crippen LogP contribution in [0.5, 0.6) is 0 Å². The molecule has 2 rings (SSSR count). The maximum atomic E-state index is 12.1. The summed E-state index contributed by atoms with van der Waals surface area (Å²) in [5.74, 6) is 0.380. The third-order valence-corrected chi connectivity index (χ3v) is 3.21. The molecule has 1 N–H and O–H groups in total. The predicted molar refractivity (Wildman–Crippen MR) is 86.5 cm³/mol. The second kappa shape index (κ2) is 6.84. The second-order valence-electron chi connectivity index (χ2n) is 5.30. The number of hydrogen-bond donors (Lipinski definition) is 1. The Bertz CT molecular complexity index is 645. The Morgan fingerprint density at radius 1 is 1.19 bits per heavy atom. The van der Waals surface area contributed by atoms with Gasteiger partial charge in [0.05, 0.1) is 0 Å². The van der Waals surface area contributed by atoms with Gasteiger partial charge in [-0.25, -0.2) is 0 Å². The Balaban J connectivity index is 2.17. The van der Waals surface area contributed by atoms with Crippen LogP contribution in [0.2, 0.25) is 0 Å². The SMILES string of the molecule is CC(=CC(=O)c1cccnc1)Nc1ccccc1C(C)C. The fraction of sp³-hybridized carbons (Fsp3) is 0.222. The van der Waals surface area contributed by atoms with E-state index in [-0.39, 0.29) is 5.78 Å². The van der Waals surface area contributed by atoms with Crippen LogP contribution in [0.25, 0.3) is 0 Å². The lowest BCUT2D eigenvalue weighted by Crippen LogP contribution is -2.04. The molecule has 0 spiro atoms. The zero-order valence-corrected chi connectivity index (χ0v) is 12.6. The molecule has 1 heterocycles. The summed E-state index contributed by atoms with van der Waals surface area (Å²) < 4.78 is 0. The van der Waals surface area contributed by atoms with Gasteiger partial charge in [-0.05, 0) is 36.6 Å². The number of hydrogen-bond acceptors (Lipinski definition) is 3. The number of nitrogens with one attached hydrogen (secondary N) is 1. The molecule has 1 aromatic carbocycles. The number of aromatic nitrogens is 1. The van der Waals surface area contributed by atoms with Crippen molar-refractivity contribution in [3.8, 4) is 0 Å². The lowest BCUT2D eigenvalue weighted by molar-refractivity contribution is 0.104. The van der Waals surface area contributed by atoms with Gasteiger partial charge in [-0.2, -0.15) is 0 Å². The molecule has 0 aliphatic heterocycles. The van der Waals surface area contributed by atoms with Crippen LogP contribution < -0.4 is 5.32 Å². The van der Waals surface area contributed by atoms with Gasteiger partial charge in [0, 0.05) is 35.4 Å². The van der Waals surface area contributed by atoms with E-state index < -0.39 is 0 Å². The Labute approximate surface area is 125 Å². The largest absolute Gasteiger partial charge is 0.359 e. The summed E-state index contributed by atoms with van der Waals surface area (Å²) in [6.07, 6.45) is 4.84. The second-order valence-corrected chi connectivity index (χ2v) is 5.30. The first-order chi connectivity index (χ1) is 10.1. The molecule has 1 aromatic heterocycles. The molecule has 0 amide bonds. The molecule has 3 nitrogen and oxygen atoms in total. The number of pyridine rings is 1. The van der Waals surface area contributed by atoms with Crippen LogP contribution in [0.3, 0.4) is 0 Å². The van der Waals surface area contributed by atoms with Gasteiger partial charge in [0.1, 0.15) is 0 Å². The summed E-state index contributed by atoms with van der Waals surface area (Å²) in [4.78, 5) is 16.1. The van der Waals surface area contributed by atoms with E-state index in [1.807, 2.05) is 25.1 Å². The summed E-state index contributed by atoms with van der Waals surface area (Å²) in [6, 6.07) is 11.7. The number of carbonyl (C=O) groups is 1. The maximum Gasteiger partial charge on any atom is 0.189 e. The summed E-state index contributed by atoms with van der Waals surface area (Å²) in [5, 5.41) is 3.31. The number of benzene rings is 1.